The predicted octanol–water partition coefficient (Wildman–Crippen LogP) is 3.70. The molecule has 6 nitrogen and oxygen atoms in total. The molecule has 0 saturated carbocycles. The topological polar surface area (TPSA) is 59.7 Å². The molecule has 0 spiro atoms. The molecule has 1 atom stereocenters. The van der Waals surface area contributed by atoms with E-state index in [-0.39, 0.29) is 12.0 Å². The van der Waals surface area contributed by atoms with Gasteiger partial charge >= 0.3 is 0 Å². The van der Waals surface area contributed by atoms with Gasteiger partial charge in [-0.2, -0.15) is 0 Å². The molecule has 1 aliphatic heterocycles. The van der Waals surface area contributed by atoms with Crippen molar-refractivity contribution in [2.45, 2.75) is 18.9 Å². The summed E-state index contributed by atoms with van der Waals surface area (Å²) in [6.45, 7) is 8.80. The smallest absolute Gasteiger partial charge is 0.257 e. The number of hydrogen-bond acceptors (Lipinski definition) is 4. The van der Waals surface area contributed by atoms with E-state index in [2.05, 4.69) is 23.1 Å². The second-order valence-corrected chi connectivity index (χ2v) is 6.75. The van der Waals surface area contributed by atoms with Crippen molar-refractivity contribution >= 4 is 23.7 Å². The Morgan fingerprint density at radius 2 is 2.11 bits per heavy atom. The van der Waals surface area contributed by atoms with E-state index in [1.807, 2.05) is 46.0 Å². The van der Waals surface area contributed by atoms with E-state index in [4.69, 9.17) is 4.74 Å². The number of pyridine rings is 2. The standard InChI is InChI=1S/C22H22N4O2/c1-3-16-9-10-20(24-19(16)4-2)28-17-7-5-13-26(15-17)22(27)18-8-6-12-25-14-11-23-21(18)25/h3-4,6,8-12,14,17H,1-2,5,7,13,15H2. The number of amides is 1. The van der Waals surface area contributed by atoms with Gasteiger partial charge in [0.15, 0.2) is 0 Å². The second-order valence-electron chi connectivity index (χ2n) is 6.75. The molecule has 1 fully saturated rings. The first-order chi connectivity index (χ1) is 13.7. The summed E-state index contributed by atoms with van der Waals surface area (Å²) < 4.78 is 7.93. The molecule has 1 aliphatic rings. The van der Waals surface area contributed by atoms with Gasteiger partial charge in [-0.05, 0) is 42.7 Å². The summed E-state index contributed by atoms with van der Waals surface area (Å²) in [5, 5.41) is 0. The minimum Gasteiger partial charge on any atom is -0.472 e. The summed E-state index contributed by atoms with van der Waals surface area (Å²) in [5.41, 5.74) is 2.93. The monoisotopic (exact) mass is 374 g/mol. The second kappa shape index (κ2) is 7.68. The molecule has 0 bridgehead atoms. The lowest BCUT2D eigenvalue weighted by Crippen LogP contribution is -2.44. The summed E-state index contributed by atoms with van der Waals surface area (Å²) in [6, 6.07) is 7.43. The molecule has 0 radical (unpaired) electrons. The van der Waals surface area contributed by atoms with Gasteiger partial charge in [-0.1, -0.05) is 19.2 Å². The Morgan fingerprint density at radius 1 is 1.21 bits per heavy atom. The molecule has 1 saturated heterocycles. The van der Waals surface area contributed by atoms with E-state index in [9.17, 15) is 4.79 Å². The molecule has 6 heteroatoms. The molecule has 1 amide bonds. The highest BCUT2D eigenvalue weighted by molar-refractivity contribution is 5.99. The average molecular weight is 374 g/mol. The third-order valence-corrected chi connectivity index (χ3v) is 4.95. The Morgan fingerprint density at radius 3 is 2.93 bits per heavy atom. The number of piperidine rings is 1. The van der Waals surface area contributed by atoms with Gasteiger partial charge in [0.1, 0.15) is 11.8 Å². The number of rotatable bonds is 5. The fraction of sp³-hybridized carbons (Fsp3) is 0.227. The third kappa shape index (κ3) is 3.41. The Labute approximate surface area is 163 Å². The lowest BCUT2D eigenvalue weighted by atomic mass is 10.1. The van der Waals surface area contributed by atoms with E-state index in [0.717, 1.165) is 24.1 Å². The summed E-state index contributed by atoms with van der Waals surface area (Å²) in [5.74, 6) is 0.516. The number of nitrogens with zero attached hydrogens (tertiary/aromatic N) is 4. The highest BCUT2D eigenvalue weighted by Crippen LogP contribution is 2.22. The fourth-order valence-electron chi connectivity index (χ4n) is 3.54. The lowest BCUT2D eigenvalue weighted by Gasteiger charge is -2.32. The summed E-state index contributed by atoms with van der Waals surface area (Å²) in [7, 11) is 0. The molecule has 3 aromatic heterocycles. The number of ether oxygens (including phenoxy) is 1. The van der Waals surface area contributed by atoms with Crippen molar-refractivity contribution in [3.8, 4) is 5.88 Å². The summed E-state index contributed by atoms with van der Waals surface area (Å²) in [6.07, 6.45) is 10.5. The van der Waals surface area contributed by atoms with E-state index < -0.39 is 0 Å². The molecular formula is C22H22N4O2. The molecule has 0 aliphatic carbocycles. The minimum absolute atomic E-state index is 0.0214. The maximum Gasteiger partial charge on any atom is 0.257 e. The zero-order valence-electron chi connectivity index (χ0n) is 15.6. The molecule has 0 N–H and O–H groups in total. The number of hydrogen-bond donors (Lipinski definition) is 0. The molecule has 3 aromatic rings. The van der Waals surface area contributed by atoms with Crippen molar-refractivity contribution in [1.29, 1.82) is 0 Å². The van der Waals surface area contributed by atoms with E-state index >= 15 is 0 Å². The predicted molar refractivity (Wildman–Crippen MR) is 109 cm³/mol. The van der Waals surface area contributed by atoms with E-state index in [1.54, 1.807) is 18.3 Å². The highest BCUT2D eigenvalue weighted by atomic mass is 16.5. The number of aromatic nitrogens is 3. The zero-order valence-corrected chi connectivity index (χ0v) is 15.6. The quantitative estimate of drug-likeness (QED) is 0.683. The van der Waals surface area contributed by atoms with Gasteiger partial charge < -0.3 is 14.0 Å². The Bertz CT molecular complexity index is 1040. The zero-order chi connectivity index (χ0) is 19.5. The van der Waals surface area contributed by atoms with Gasteiger partial charge in [0.2, 0.25) is 5.88 Å². The van der Waals surface area contributed by atoms with Crippen LogP contribution in [0.4, 0.5) is 0 Å². The normalized spacial score (nSPS) is 16.7. The molecular weight excluding hydrogens is 352 g/mol. The van der Waals surface area contributed by atoms with Crippen LogP contribution in [0.5, 0.6) is 5.88 Å². The van der Waals surface area contributed by atoms with Crippen molar-refractivity contribution < 1.29 is 9.53 Å². The largest absolute Gasteiger partial charge is 0.472 e. The molecule has 4 heterocycles. The van der Waals surface area contributed by atoms with Crippen LogP contribution in [0, 0.1) is 0 Å². The van der Waals surface area contributed by atoms with E-state index in [0.29, 0.717) is 30.2 Å². The number of carbonyl (C=O) groups excluding carboxylic acids is 1. The first-order valence-corrected chi connectivity index (χ1v) is 9.33. The Balaban J connectivity index is 1.50. The third-order valence-electron chi connectivity index (χ3n) is 4.95. The van der Waals surface area contributed by atoms with Gasteiger partial charge in [0.05, 0.1) is 17.8 Å². The van der Waals surface area contributed by atoms with Crippen LogP contribution in [0.25, 0.3) is 17.8 Å². The van der Waals surface area contributed by atoms with Gasteiger partial charge in [-0.25, -0.2) is 9.97 Å². The first kappa shape index (κ1) is 18.0. The minimum atomic E-state index is -0.100. The van der Waals surface area contributed by atoms with Crippen LogP contribution in [-0.4, -0.2) is 44.4 Å². The first-order valence-electron chi connectivity index (χ1n) is 9.33. The van der Waals surface area contributed by atoms with Crippen LogP contribution >= 0.6 is 0 Å². The summed E-state index contributed by atoms with van der Waals surface area (Å²) >= 11 is 0. The van der Waals surface area contributed by atoms with Gasteiger partial charge in [0.25, 0.3) is 5.91 Å². The average Bonchev–Trinajstić information content (AvgIpc) is 3.22. The van der Waals surface area contributed by atoms with Gasteiger partial charge in [-0.15, -0.1) is 0 Å². The molecule has 4 rings (SSSR count). The lowest BCUT2D eigenvalue weighted by molar-refractivity contribution is 0.0529. The molecule has 0 aromatic carbocycles. The fourth-order valence-corrected chi connectivity index (χ4v) is 3.54. The maximum atomic E-state index is 13.1. The van der Waals surface area contributed by atoms with Crippen LogP contribution in [0.1, 0.15) is 34.5 Å². The Kier molecular flexibility index (Phi) is 4.93. The number of fused-ring (bicyclic) bond motifs is 1. The van der Waals surface area contributed by atoms with Crippen LogP contribution < -0.4 is 4.74 Å². The van der Waals surface area contributed by atoms with Crippen molar-refractivity contribution in [1.82, 2.24) is 19.3 Å². The van der Waals surface area contributed by atoms with Crippen LogP contribution in [0.2, 0.25) is 0 Å². The van der Waals surface area contributed by atoms with Crippen molar-refractivity contribution in [3.63, 3.8) is 0 Å². The van der Waals surface area contributed by atoms with E-state index in [1.165, 1.54) is 0 Å². The van der Waals surface area contributed by atoms with Crippen molar-refractivity contribution in [2.75, 3.05) is 13.1 Å². The van der Waals surface area contributed by atoms with Gasteiger partial charge in [-0.3, -0.25) is 4.79 Å². The molecule has 142 valence electrons. The Hall–Kier alpha value is -3.41. The van der Waals surface area contributed by atoms with Crippen molar-refractivity contribution in [3.05, 3.63) is 72.8 Å². The number of carbonyl (C=O) groups is 1. The molecule has 28 heavy (non-hydrogen) atoms. The number of likely N-dealkylation sites (tertiary alicyclic amines) is 1. The summed E-state index contributed by atoms with van der Waals surface area (Å²) in [4.78, 5) is 23.7. The maximum absolute atomic E-state index is 13.1. The molecule has 1 unspecified atom stereocenters. The SMILES string of the molecule is C=Cc1ccc(OC2CCCN(C(=O)c3cccn4ccnc34)C2)nc1C=C. The number of imidazole rings is 1. The van der Waals surface area contributed by atoms with Gasteiger partial charge in [0, 0.05) is 31.2 Å². The van der Waals surface area contributed by atoms with Crippen LogP contribution in [-0.2, 0) is 0 Å². The van der Waals surface area contributed by atoms with Crippen molar-refractivity contribution in [2.24, 2.45) is 0 Å². The highest BCUT2D eigenvalue weighted by Gasteiger charge is 2.27. The van der Waals surface area contributed by atoms with Crippen LogP contribution in [0.15, 0.2) is 56.0 Å². The van der Waals surface area contributed by atoms with Crippen LogP contribution in [0.3, 0.4) is 0 Å².